The lowest BCUT2D eigenvalue weighted by Gasteiger charge is -2.28. The van der Waals surface area contributed by atoms with Crippen molar-refractivity contribution < 1.29 is 22.7 Å². The van der Waals surface area contributed by atoms with Gasteiger partial charge in [0.05, 0.1) is 34.6 Å². The van der Waals surface area contributed by atoms with E-state index in [1.165, 1.54) is 27.1 Å². The molecule has 0 radical (unpaired) electrons. The quantitative estimate of drug-likeness (QED) is 0.340. The Morgan fingerprint density at radius 3 is 2.36 bits per heavy atom. The highest BCUT2D eigenvalue weighted by Crippen LogP contribution is 2.24. The topological polar surface area (TPSA) is 121 Å². The van der Waals surface area contributed by atoms with Gasteiger partial charge < -0.3 is 10.4 Å². The SMILES string of the molecule is CNS(=O)(=O)[C@H](CCC(C)(C)F)C[C@H](O)[C@H](Cc1ccccc1)NC(=O)c1cnc2ccccc2n1. The summed E-state index contributed by atoms with van der Waals surface area (Å²) in [6.45, 7) is 2.77. The number of aliphatic hydroxyl groups is 1. The number of aliphatic hydroxyl groups excluding tert-OH is 1. The first kappa shape index (κ1) is 27.6. The second-order valence-electron chi connectivity index (χ2n) is 9.45. The normalized spacial score (nSPS) is 14.8. The summed E-state index contributed by atoms with van der Waals surface area (Å²) in [5.74, 6) is -0.536. The molecule has 0 unspecified atom stereocenters. The van der Waals surface area contributed by atoms with Crippen LogP contribution in [0.25, 0.3) is 11.0 Å². The molecule has 3 aromatic rings. The van der Waals surface area contributed by atoms with E-state index in [2.05, 4.69) is 20.0 Å². The van der Waals surface area contributed by atoms with E-state index in [0.29, 0.717) is 11.0 Å². The predicted octanol–water partition coefficient (Wildman–Crippen LogP) is 3.17. The molecule has 2 aromatic carbocycles. The first-order valence-corrected chi connectivity index (χ1v) is 13.4. The third-order valence-corrected chi connectivity index (χ3v) is 7.92. The largest absolute Gasteiger partial charge is 0.391 e. The zero-order valence-electron chi connectivity index (χ0n) is 20.7. The number of nitrogens with one attached hydrogen (secondary N) is 2. The van der Waals surface area contributed by atoms with E-state index in [-0.39, 0.29) is 31.4 Å². The highest BCUT2D eigenvalue weighted by molar-refractivity contribution is 7.90. The molecular formula is C26H33FN4O4S. The van der Waals surface area contributed by atoms with Crippen molar-refractivity contribution in [1.29, 1.82) is 0 Å². The minimum Gasteiger partial charge on any atom is -0.391 e. The number of halogens is 1. The number of sulfonamides is 1. The van der Waals surface area contributed by atoms with Gasteiger partial charge >= 0.3 is 0 Å². The van der Waals surface area contributed by atoms with Crippen LogP contribution in [0, 0.1) is 0 Å². The molecule has 1 amide bonds. The molecule has 194 valence electrons. The third-order valence-electron chi connectivity index (χ3n) is 6.05. The lowest BCUT2D eigenvalue weighted by atomic mass is 9.95. The van der Waals surface area contributed by atoms with Crippen LogP contribution in [0.3, 0.4) is 0 Å². The van der Waals surface area contributed by atoms with Crippen LogP contribution in [-0.2, 0) is 16.4 Å². The van der Waals surface area contributed by atoms with Crippen molar-refractivity contribution in [3.8, 4) is 0 Å². The van der Waals surface area contributed by atoms with Gasteiger partial charge in [-0.3, -0.25) is 9.78 Å². The Balaban J connectivity index is 1.84. The van der Waals surface area contributed by atoms with Gasteiger partial charge in [0.25, 0.3) is 5.91 Å². The molecule has 36 heavy (non-hydrogen) atoms. The maximum atomic E-state index is 14.1. The molecule has 0 aliphatic rings. The number of benzene rings is 2. The van der Waals surface area contributed by atoms with Gasteiger partial charge in [0.15, 0.2) is 0 Å². The first-order chi connectivity index (χ1) is 17.0. The molecule has 1 heterocycles. The zero-order valence-corrected chi connectivity index (χ0v) is 21.5. The Morgan fingerprint density at radius 1 is 1.08 bits per heavy atom. The van der Waals surface area contributed by atoms with Gasteiger partial charge in [0, 0.05) is 0 Å². The number of para-hydroxylation sites is 2. The molecule has 3 rings (SSSR count). The van der Waals surface area contributed by atoms with Crippen LogP contribution in [0.2, 0.25) is 0 Å². The molecule has 10 heteroatoms. The molecule has 3 atom stereocenters. The van der Waals surface area contributed by atoms with E-state index in [4.69, 9.17) is 0 Å². The molecule has 1 aromatic heterocycles. The third kappa shape index (κ3) is 7.78. The monoisotopic (exact) mass is 516 g/mol. The molecule has 0 fully saturated rings. The summed E-state index contributed by atoms with van der Waals surface area (Å²) in [5.41, 5.74) is 0.575. The number of aromatic nitrogens is 2. The number of amides is 1. The zero-order chi connectivity index (χ0) is 26.3. The Bertz CT molecular complexity index is 1270. The number of fused-ring (bicyclic) bond motifs is 1. The van der Waals surface area contributed by atoms with Crippen LogP contribution >= 0.6 is 0 Å². The van der Waals surface area contributed by atoms with E-state index in [1.807, 2.05) is 36.4 Å². The summed E-state index contributed by atoms with van der Waals surface area (Å²) >= 11 is 0. The average molecular weight is 517 g/mol. The van der Waals surface area contributed by atoms with Crippen molar-refractivity contribution in [2.45, 2.75) is 62.6 Å². The molecule has 0 bridgehead atoms. The lowest BCUT2D eigenvalue weighted by Crippen LogP contribution is -2.47. The summed E-state index contributed by atoms with van der Waals surface area (Å²) in [5, 5.41) is 12.9. The van der Waals surface area contributed by atoms with Crippen molar-refractivity contribution in [2.75, 3.05) is 7.05 Å². The second kappa shape index (κ2) is 11.9. The minimum atomic E-state index is -3.80. The van der Waals surface area contributed by atoms with E-state index in [9.17, 15) is 22.7 Å². The van der Waals surface area contributed by atoms with E-state index in [1.54, 1.807) is 18.2 Å². The predicted molar refractivity (Wildman–Crippen MR) is 138 cm³/mol. The van der Waals surface area contributed by atoms with E-state index < -0.39 is 39.0 Å². The Morgan fingerprint density at radius 2 is 1.72 bits per heavy atom. The fourth-order valence-corrected chi connectivity index (χ4v) is 5.18. The average Bonchev–Trinajstić information content (AvgIpc) is 2.85. The summed E-state index contributed by atoms with van der Waals surface area (Å²) in [6.07, 6.45) is 0.245. The Labute approximate surface area is 211 Å². The number of nitrogens with zero attached hydrogens (tertiary/aromatic N) is 2. The molecular weight excluding hydrogens is 483 g/mol. The van der Waals surface area contributed by atoms with Crippen molar-refractivity contribution in [3.05, 3.63) is 72.1 Å². The van der Waals surface area contributed by atoms with Crippen molar-refractivity contribution in [1.82, 2.24) is 20.0 Å². The fourth-order valence-electron chi connectivity index (χ4n) is 3.96. The number of carbonyl (C=O) groups excluding carboxylic acids is 1. The Hall–Kier alpha value is -2.95. The van der Waals surface area contributed by atoms with Crippen molar-refractivity contribution in [3.63, 3.8) is 0 Å². The van der Waals surface area contributed by atoms with Crippen molar-refractivity contribution in [2.24, 2.45) is 0 Å². The highest BCUT2D eigenvalue weighted by Gasteiger charge is 2.33. The van der Waals surface area contributed by atoms with Crippen LogP contribution in [0.15, 0.2) is 60.8 Å². The van der Waals surface area contributed by atoms with Crippen LogP contribution in [-0.4, -0.2) is 59.5 Å². The molecule has 3 N–H and O–H groups in total. The second-order valence-corrected chi connectivity index (χ2v) is 11.6. The Kier molecular flexibility index (Phi) is 9.10. The van der Waals surface area contributed by atoms with Crippen LogP contribution in [0.4, 0.5) is 4.39 Å². The number of hydrogen-bond donors (Lipinski definition) is 3. The van der Waals surface area contributed by atoms with Crippen LogP contribution < -0.4 is 10.0 Å². The number of alkyl halides is 1. The van der Waals surface area contributed by atoms with Gasteiger partial charge in [-0.25, -0.2) is 22.5 Å². The molecule has 8 nitrogen and oxygen atoms in total. The summed E-state index contributed by atoms with van der Waals surface area (Å²) < 4.78 is 41.7. The maximum absolute atomic E-state index is 14.1. The summed E-state index contributed by atoms with van der Waals surface area (Å²) in [7, 11) is -2.51. The smallest absolute Gasteiger partial charge is 0.271 e. The van der Waals surface area contributed by atoms with Gasteiger partial charge in [-0.2, -0.15) is 0 Å². The fraction of sp³-hybridized carbons (Fsp3) is 0.423. The number of carbonyl (C=O) groups is 1. The van der Waals surface area contributed by atoms with Crippen LogP contribution in [0.1, 0.15) is 49.2 Å². The molecule has 0 aliphatic carbocycles. The summed E-state index contributed by atoms with van der Waals surface area (Å²) in [4.78, 5) is 21.7. The molecule has 0 saturated carbocycles. The minimum absolute atomic E-state index is 0.00763. The number of rotatable bonds is 12. The van der Waals surface area contributed by atoms with Gasteiger partial charge in [0.2, 0.25) is 10.0 Å². The first-order valence-electron chi connectivity index (χ1n) is 11.8. The number of hydrogen-bond acceptors (Lipinski definition) is 6. The van der Waals surface area contributed by atoms with Gasteiger partial charge in [0.1, 0.15) is 11.4 Å². The van der Waals surface area contributed by atoms with Crippen LogP contribution in [0.5, 0.6) is 0 Å². The summed E-state index contributed by atoms with van der Waals surface area (Å²) in [6, 6.07) is 15.6. The van der Waals surface area contributed by atoms with Crippen molar-refractivity contribution >= 4 is 27.0 Å². The van der Waals surface area contributed by atoms with Gasteiger partial charge in [-0.15, -0.1) is 0 Å². The lowest BCUT2D eigenvalue weighted by molar-refractivity contribution is 0.0801. The molecule has 0 aliphatic heterocycles. The standard InChI is InChI=1S/C26H33FN4O4S/c1-26(2,27)14-13-19(36(34,35)28-3)16-24(32)22(15-18-9-5-4-6-10-18)31-25(33)23-17-29-20-11-7-8-12-21(20)30-23/h4-12,17,19,22,24,28,32H,13-16H2,1-3H3,(H,31,33)/t19-,22+,24+/m1/s1. The maximum Gasteiger partial charge on any atom is 0.271 e. The van der Waals surface area contributed by atoms with E-state index in [0.717, 1.165) is 5.56 Å². The van der Waals surface area contributed by atoms with Gasteiger partial charge in [-0.05, 0) is 64.3 Å². The highest BCUT2D eigenvalue weighted by atomic mass is 32.2. The van der Waals surface area contributed by atoms with E-state index >= 15 is 0 Å². The van der Waals surface area contributed by atoms with Gasteiger partial charge in [-0.1, -0.05) is 42.5 Å². The molecule has 0 saturated heterocycles. The molecule has 0 spiro atoms.